The fraction of sp³-hybridized carbons (Fsp3) is 0.429. The van der Waals surface area contributed by atoms with E-state index in [0.717, 1.165) is 0 Å². The summed E-state index contributed by atoms with van der Waals surface area (Å²) in [6, 6.07) is 5.24. The van der Waals surface area contributed by atoms with Gasteiger partial charge in [0.15, 0.2) is 5.82 Å². The first-order valence-electron chi connectivity index (χ1n) is 7.03. The van der Waals surface area contributed by atoms with Gasteiger partial charge < -0.3 is 19.5 Å². The van der Waals surface area contributed by atoms with E-state index in [1.54, 1.807) is 7.11 Å². The number of hydrogen-bond donors (Lipinski definition) is 2. The SMILES string of the molecule is COCCOC(C)c1nc(Nc2ccc(OC(F)(F)F)cc2)n[nH]1. The van der Waals surface area contributed by atoms with E-state index >= 15 is 0 Å². The van der Waals surface area contributed by atoms with Crippen molar-refractivity contribution in [1.82, 2.24) is 15.2 Å². The smallest absolute Gasteiger partial charge is 0.406 e. The maximum atomic E-state index is 12.1. The van der Waals surface area contributed by atoms with E-state index in [0.29, 0.717) is 24.7 Å². The van der Waals surface area contributed by atoms with Gasteiger partial charge in [-0.3, -0.25) is 5.10 Å². The van der Waals surface area contributed by atoms with Crippen molar-refractivity contribution in [2.45, 2.75) is 19.4 Å². The van der Waals surface area contributed by atoms with Crippen molar-refractivity contribution < 1.29 is 27.4 Å². The first-order chi connectivity index (χ1) is 11.4. The van der Waals surface area contributed by atoms with Crippen LogP contribution in [0, 0.1) is 0 Å². The van der Waals surface area contributed by atoms with Crippen molar-refractivity contribution in [2.75, 3.05) is 25.6 Å². The fourth-order valence-corrected chi connectivity index (χ4v) is 1.77. The Morgan fingerprint density at radius 1 is 1.21 bits per heavy atom. The van der Waals surface area contributed by atoms with Crippen LogP contribution in [0.15, 0.2) is 24.3 Å². The van der Waals surface area contributed by atoms with Gasteiger partial charge in [0.2, 0.25) is 5.95 Å². The Hall–Kier alpha value is -2.33. The van der Waals surface area contributed by atoms with Crippen molar-refractivity contribution in [3.8, 4) is 5.75 Å². The van der Waals surface area contributed by atoms with Gasteiger partial charge in [0.05, 0.1) is 13.2 Å². The highest BCUT2D eigenvalue weighted by atomic mass is 19.4. The molecule has 0 saturated carbocycles. The Kier molecular flexibility index (Phi) is 5.99. The highest BCUT2D eigenvalue weighted by molar-refractivity contribution is 5.54. The van der Waals surface area contributed by atoms with Gasteiger partial charge in [0.25, 0.3) is 0 Å². The average Bonchev–Trinajstić information content (AvgIpc) is 2.96. The molecule has 0 fully saturated rings. The molecule has 0 aliphatic heterocycles. The zero-order valence-corrected chi connectivity index (χ0v) is 13.1. The summed E-state index contributed by atoms with van der Waals surface area (Å²) in [6.45, 7) is 2.70. The summed E-state index contributed by atoms with van der Waals surface area (Å²) < 4.78 is 50.5. The Bertz CT molecular complexity index is 631. The van der Waals surface area contributed by atoms with Gasteiger partial charge in [0.1, 0.15) is 11.9 Å². The number of hydrogen-bond acceptors (Lipinski definition) is 6. The standard InChI is InChI=1S/C14H17F3N4O3/c1-9(23-8-7-22-2)12-19-13(21-20-12)18-10-3-5-11(6-4-10)24-14(15,16)17/h3-6,9H,7-8H2,1-2H3,(H2,18,19,20,21). The van der Waals surface area contributed by atoms with Crippen LogP contribution in [0.2, 0.25) is 0 Å². The third kappa shape index (κ3) is 5.70. The molecule has 1 aromatic carbocycles. The summed E-state index contributed by atoms with van der Waals surface area (Å²) in [4.78, 5) is 4.21. The second-order valence-corrected chi connectivity index (χ2v) is 4.75. The number of ether oxygens (including phenoxy) is 3. The Morgan fingerprint density at radius 3 is 2.54 bits per heavy atom. The monoisotopic (exact) mass is 346 g/mol. The number of H-pyrrole nitrogens is 1. The van der Waals surface area contributed by atoms with Crippen LogP contribution in [0.4, 0.5) is 24.8 Å². The van der Waals surface area contributed by atoms with E-state index in [4.69, 9.17) is 9.47 Å². The predicted molar refractivity (Wildman–Crippen MR) is 79.0 cm³/mol. The van der Waals surface area contributed by atoms with Crippen LogP contribution in [0.5, 0.6) is 5.75 Å². The topological polar surface area (TPSA) is 81.3 Å². The molecule has 7 nitrogen and oxygen atoms in total. The van der Waals surface area contributed by atoms with Crippen molar-refractivity contribution in [3.05, 3.63) is 30.1 Å². The van der Waals surface area contributed by atoms with E-state index in [-0.39, 0.29) is 17.8 Å². The molecule has 2 N–H and O–H groups in total. The lowest BCUT2D eigenvalue weighted by Gasteiger charge is -2.09. The molecule has 24 heavy (non-hydrogen) atoms. The molecule has 2 aromatic rings. The zero-order chi connectivity index (χ0) is 17.6. The Balaban J connectivity index is 1.92. The molecule has 132 valence electrons. The van der Waals surface area contributed by atoms with Crippen molar-refractivity contribution >= 4 is 11.6 Å². The molecule has 0 amide bonds. The second kappa shape index (κ2) is 7.97. The number of aromatic nitrogens is 3. The van der Waals surface area contributed by atoms with Gasteiger partial charge >= 0.3 is 6.36 Å². The minimum atomic E-state index is -4.72. The summed E-state index contributed by atoms with van der Waals surface area (Å²) in [5.74, 6) is 0.492. The number of anilines is 2. The number of aromatic amines is 1. The first-order valence-corrected chi connectivity index (χ1v) is 7.03. The maximum absolute atomic E-state index is 12.1. The third-order valence-corrected chi connectivity index (χ3v) is 2.89. The highest BCUT2D eigenvalue weighted by Crippen LogP contribution is 2.25. The molecule has 10 heteroatoms. The van der Waals surface area contributed by atoms with Gasteiger partial charge in [-0.25, -0.2) is 0 Å². The number of nitrogens with one attached hydrogen (secondary N) is 2. The van der Waals surface area contributed by atoms with Gasteiger partial charge in [0, 0.05) is 12.8 Å². The van der Waals surface area contributed by atoms with Crippen molar-refractivity contribution in [2.24, 2.45) is 0 Å². The number of methoxy groups -OCH3 is 1. The lowest BCUT2D eigenvalue weighted by molar-refractivity contribution is -0.274. The summed E-state index contributed by atoms with van der Waals surface area (Å²) in [6.07, 6.45) is -5.02. The molecular weight excluding hydrogens is 329 g/mol. The number of rotatable bonds is 8. The largest absolute Gasteiger partial charge is 0.573 e. The van der Waals surface area contributed by atoms with Crippen LogP contribution in [-0.2, 0) is 9.47 Å². The molecule has 0 radical (unpaired) electrons. The molecule has 1 aromatic heterocycles. The minimum Gasteiger partial charge on any atom is -0.406 e. The minimum absolute atomic E-state index is 0.275. The van der Waals surface area contributed by atoms with E-state index < -0.39 is 6.36 Å². The molecule has 0 bridgehead atoms. The lowest BCUT2D eigenvalue weighted by Crippen LogP contribution is -2.16. The quantitative estimate of drug-likeness (QED) is 0.715. The van der Waals surface area contributed by atoms with Crippen LogP contribution in [0.3, 0.4) is 0 Å². The zero-order valence-electron chi connectivity index (χ0n) is 13.1. The van der Waals surface area contributed by atoms with Gasteiger partial charge in [-0.15, -0.1) is 18.3 Å². The molecule has 2 rings (SSSR count). The van der Waals surface area contributed by atoms with Crippen molar-refractivity contribution in [1.29, 1.82) is 0 Å². The maximum Gasteiger partial charge on any atom is 0.573 e. The fourth-order valence-electron chi connectivity index (χ4n) is 1.77. The Labute approximate surface area is 136 Å². The average molecular weight is 346 g/mol. The van der Waals surface area contributed by atoms with E-state index in [1.807, 2.05) is 6.92 Å². The lowest BCUT2D eigenvalue weighted by atomic mass is 10.3. The van der Waals surface area contributed by atoms with Crippen LogP contribution in [0.25, 0.3) is 0 Å². The van der Waals surface area contributed by atoms with Crippen LogP contribution >= 0.6 is 0 Å². The molecule has 0 spiro atoms. The number of alkyl halides is 3. The first kappa shape index (κ1) is 18.0. The number of halogens is 3. The van der Waals surface area contributed by atoms with E-state index in [1.165, 1.54) is 24.3 Å². The van der Waals surface area contributed by atoms with Gasteiger partial charge in [-0.05, 0) is 31.2 Å². The molecule has 0 aliphatic carbocycles. The van der Waals surface area contributed by atoms with Gasteiger partial charge in [-0.2, -0.15) is 4.98 Å². The molecule has 1 unspecified atom stereocenters. The van der Waals surface area contributed by atoms with Crippen molar-refractivity contribution in [3.63, 3.8) is 0 Å². The molecule has 0 aliphatic rings. The summed E-state index contributed by atoms with van der Waals surface area (Å²) in [7, 11) is 1.58. The highest BCUT2D eigenvalue weighted by Gasteiger charge is 2.30. The molecular formula is C14H17F3N4O3. The Morgan fingerprint density at radius 2 is 1.92 bits per heavy atom. The number of benzene rings is 1. The molecule has 0 saturated heterocycles. The molecule has 1 atom stereocenters. The van der Waals surface area contributed by atoms with Gasteiger partial charge in [-0.1, -0.05) is 0 Å². The summed E-state index contributed by atoms with van der Waals surface area (Å²) in [5, 5.41) is 9.57. The van der Waals surface area contributed by atoms with Crippen LogP contribution in [0.1, 0.15) is 18.9 Å². The number of nitrogens with zero attached hydrogens (tertiary/aromatic N) is 2. The second-order valence-electron chi connectivity index (χ2n) is 4.75. The van der Waals surface area contributed by atoms with Crippen LogP contribution < -0.4 is 10.1 Å². The molecule has 1 heterocycles. The summed E-state index contributed by atoms with van der Waals surface area (Å²) >= 11 is 0. The van der Waals surface area contributed by atoms with E-state index in [9.17, 15) is 13.2 Å². The van der Waals surface area contributed by atoms with E-state index in [2.05, 4.69) is 25.2 Å². The van der Waals surface area contributed by atoms with Crippen LogP contribution in [-0.4, -0.2) is 41.9 Å². The normalized spacial score (nSPS) is 12.9. The predicted octanol–water partition coefficient (Wildman–Crippen LogP) is 3.17. The summed E-state index contributed by atoms with van der Waals surface area (Å²) in [5.41, 5.74) is 0.517. The third-order valence-electron chi connectivity index (χ3n) is 2.89.